The number of anilines is 1. The Balaban J connectivity index is 1.33. The van der Waals surface area contributed by atoms with E-state index in [4.69, 9.17) is 0 Å². The van der Waals surface area contributed by atoms with E-state index in [1.807, 2.05) is 6.07 Å². The number of nitrogens with one attached hydrogen (secondary N) is 4. The maximum Gasteiger partial charge on any atom is 0.269 e. The van der Waals surface area contributed by atoms with Crippen molar-refractivity contribution in [3.05, 3.63) is 47.3 Å². The van der Waals surface area contributed by atoms with Crippen LogP contribution in [0.25, 0.3) is 0 Å². The molecule has 2 heterocycles. The molecule has 2 amide bonds. The summed E-state index contributed by atoms with van der Waals surface area (Å²) in [5, 5.41) is 5.78. The molecule has 4 N–H and O–H groups in total. The fourth-order valence-electron chi connectivity index (χ4n) is 3.91. The minimum Gasteiger partial charge on any atom is -0.336 e. The quantitative estimate of drug-likeness (QED) is 0.650. The molecule has 0 saturated heterocycles. The van der Waals surface area contributed by atoms with E-state index in [1.165, 1.54) is 5.57 Å². The minimum absolute atomic E-state index is 0.202. The predicted molar refractivity (Wildman–Crippen MR) is 90.9 cm³/mol. The van der Waals surface area contributed by atoms with Gasteiger partial charge in [0, 0.05) is 17.7 Å². The maximum atomic E-state index is 12.8. The lowest BCUT2D eigenvalue weighted by molar-refractivity contribution is -0.132. The number of pyridine rings is 1. The van der Waals surface area contributed by atoms with Gasteiger partial charge in [0.1, 0.15) is 17.1 Å². The first-order chi connectivity index (χ1) is 12.2. The molecule has 1 aliphatic heterocycles. The van der Waals surface area contributed by atoms with Gasteiger partial charge in [0.05, 0.1) is 6.04 Å². The Labute approximate surface area is 144 Å². The number of carbonyl (C=O) groups is 2. The molecular weight excluding hydrogens is 318 g/mol. The zero-order valence-electron chi connectivity index (χ0n) is 13.6. The molecule has 3 aliphatic carbocycles. The van der Waals surface area contributed by atoms with Crippen LogP contribution in [-0.2, 0) is 9.59 Å². The van der Waals surface area contributed by atoms with Crippen molar-refractivity contribution in [1.29, 1.82) is 0 Å². The first kappa shape index (κ1) is 14.7. The molecule has 2 saturated carbocycles. The first-order valence-corrected chi connectivity index (χ1v) is 8.67. The molecule has 25 heavy (non-hydrogen) atoms. The lowest BCUT2D eigenvalue weighted by atomic mass is 9.75. The van der Waals surface area contributed by atoms with Crippen LogP contribution in [0.3, 0.4) is 0 Å². The van der Waals surface area contributed by atoms with Crippen LogP contribution in [0.1, 0.15) is 25.7 Å². The summed E-state index contributed by atoms with van der Waals surface area (Å²) in [5.41, 5.74) is 8.31. The highest BCUT2D eigenvalue weighted by Crippen LogP contribution is 2.50. The number of aromatic nitrogens is 1. The average molecular weight is 337 g/mol. The molecule has 5 rings (SSSR count). The largest absolute Gasteiger partial charge is 0.336 e. The van der Waals surface area contributed by atoms with Crippen molar-refractivity contribution in [2.45, 2.75) is 37.3 Å². The van der Waals surface area contributed by atoms with Gasteiger partial charge in [0.15, 0.2) is 0 Å². The number of nitrogens with zero attached hydrogens (tertiary/aromatic N) is 1. The van der Waals surface area contributed by atoms with Crippen LogP contribution < -0.4 is 21.5 Å². The van der Waals surface area contributed by atoms with Gasteiger partial charge in [-0.2, -0.15) is 0 Å². The van der Waals surface area contributed by atoms with Crippen molar-refractivity contribution in [1.82, 2.24) is 21.2 Å². The number of rotatable bonds is 4. The second-order valence-corrected chi connectivity index (χ2v) is 7.17. The molecule has 7 nitrogen and oxygen atoms in total. The van der Waals surface area contributed by atoms with Gasteiger partial charge in [-0.25, -0.2) is 10.4 Å². The van der Waals surface area contributed by atoms with Gasteiger partial charge < -0.3 is 16.1 Å². The summed E-state index contributed by atoms with van der Waals surface area (Å²) in [6, 6.07) is 5.55. The van der Waals surface area contributed by atoms with Gasteiger partial charge in [0.2, 0.25) is 0 Å². The SMILES string of the molecule is O=C(NC1(C(=O)Nc2ccccn2)CCC1)C1=C2C=C3CC3C2NN1. The molecule has 0 radical (unpaired) electrons. The Bertz CT molecular complexity index is 825. The number of hydrogen-bond acceptors (Lipinski definition) is 5. The van der Waals surface area contributed by atoms with E-state index in [0.717, 1.165) is 18.4 Å². The standard InChI is InChI=1S/C18H19N5O2/c24-16(15-12-9-10-8-11(10)14(12)22-23-15)21-18(5-3-6-18)17(25)20-13-4-1-2-7-19-13/h1-2,4,7,9,11,14,22-23H,3,5-6,8H2,(H,21,24)(H,19,20,25). The van der Waals surface area contributed by atoms with Crippen LogP contribution in [0, 0.1) is 5.92 Å². The number of fused-ring (bicyclic) bond motifs is 3. The zero-order valence-corrected chi connectivity index (χ0v) is 13.6. The first-order valence-electron chi connectivity index (χ1n) is 8.67. The van der Waals surface area contributed by atoms with Gasteiger partial charge in [-0.3, -0.25) is 9.59 Å². The Morgan fingerprint density at radius 1 is 1.28 bits per heavy atom. The van der Waals surface area contributed by atoms with E-state index in [2.05, 4.69) is 32.5 Å². The molecule has 4 aliphatic rings. The molecule has 0 aromatic carbocycles. The monoisotopic (exact) mass is 337 g/mol. The molecule has 0 bridgehead atoms. The summed E-state index contributed by atoms with van der Waals surface area (Å²) in [6.45, 7) is 0. The van der Waals surface area contributed by atoms with Gasteiger partial charge in [0.25, 0.3) is 11.8 Å². The molecule has 2 fully saturated rings. The molecule has 2 atom stereocenters. The van der Waals surface area contributed by atoms with Crippen molar-refractivity contribution in [3.8, 4) is 0 Å². The van der Waals surface area contributed by atoms with E-state index >= 15 is 0 Å². The van der Waals surface area contributed by atoms with Gasteiger partial charge in [-0.15, -0.1) is 0 Å². The second-order valence-electron chi connectivity index (χ2n) is 7.17. The summed E-state index contributed by atoms with van der Waals surface area (Å²) in [6.07, 6.45) is 7.05. The minimum atomic E-state index is -0.851. The topological polar surface area (TPSA) is 95.2 Å². The van der Waals surface area contributed by atoms with E-state index in [-0.39, 0.29) is 17.9 Å². The second kappa shape index (κ2) is 5.16. The third-order valence-electron chi connectivity index (χ3n) is 5.62. The van der Waals surface area contributed by atoms with Crippen LogP contribution in [0.2, 0.25) is 0 Å². The van der Waals surface area contributed by atoms with E-state index < -0.39 is 5.54 Å². The number of carbonyl (C=O) groups excluding carboxylic acids is 2. The third kappa shape index (κ3) is 2.26. The summed E-state index contributed by atoms with van der Waals surface area (Å²) in [4.78, 5) is 29.6. The summed E-state index contributed by atoms with van der Waals surface area (Å²) >= 11 is 0. The average Bonchev–Trinajstić information content (AvgIpc) is 3.06. The van der Waals surface area contributed by atoms with Gasteiger partial charge >= 0.3 is 0 Å². The summed E-state index contributed by atoms with van der Waals surface area (Å²) in [7, 11) is 0. The van der Waals surface area contributed by atoms with Gasteiger partial charge in [-0.05, 0) is 37.8 Å². The molecule has 1 aromatic rings. The molecule has 128 valence electrons. The van der Waals surface area contributed by atoms with Crippen LogP contribution in [0.4, 0.5) is 5.82 Å². The predicted octanol–water partition coefficient (Wildman–Crippen LogP) is 0.749. The molecule has 0 spiro atoms. The van der Waals surface area contributed by atoms with E-state index in [1.54, 1.807) is 18.3 Å². The highest BCUT2D eigenvalue weighted by molar-refractivity contribution is 6.04. The van der Waals surface area contributed by atoms with Crippen molar-refractivity contribution >= 4 is 17.6 Å². The molecule has 2 unspecified atom stereocenters. The van der Waals surface area contributed by atoms with Crippen molar-refractivity contribution in [3.63, 3.8) is 0 Å². The molecular formula is C18H19N5O2. The molecule has 7 heteroatoms. The van der Waals surface area contributed by atoms with Crippen molar-refractivity contribution in [2.75, 3.05) is 5.32 Å². The number of hydrazine groups is 1. The Hall–Kier alpha value is -2.67. The van der Waals surface area contributed by atoms with Crippen LogP contribution >= 0.6 is 0 Å². The lowest BCUT2D eigenvalue weighted by Gasteiger charge is -2.40. The zero-order chi connectivity index (χ0) is 17.0. The summed E-state index contributed by atoms with van der Waals surface area (Å²) in [5.74, 6) is 0.611. The van der Waals surface area contributed by atoms with E-state index in [9.17, 15) is 9.59 Å². The maximum absolute atomic E-state index is 12.8. The lowest BCUT2D eigenvalue weighted by Crippen LogP contribution is -2.62. The number of hydrogen-bond donors (Lipinski definition) is 4. The van der Waals surface area contributed by atoms with Crippen molar-refractivity contribution in [2.24, 2.45) is 5.92 Å². The van der Waals surface area contributed by atoms with Gasteiger partial charge in [-0.1, -0.05) is 17.7 Å². The Morgan fingerprint density at radius 3 is 2.88 bits per heavy atom. The summed E-state index contributed by atoms with van der Waals surface area (Å²) < 4.78 is 0. The third-order valence-corrected chi connectivity index (χ3v) is 5.62. The van der Waals surface area contributed by atoms with Crippen molar-refractivity contribution < 1.29 is 9.59 Å². The highest BCUT2D eigenvalue weighted by atomic mass is 16.2. The highest BCUT2D eigenvalue weighted by Gasteiger charge is 2.50. The fourth-order valence-corrected chi connectivity index (χ4v) is 3.91. The van der Waals surface area contributed by atoms with Crippen LogP contribution in [0.5, 0.6) is 0 Å². The Kier molecular flexibility index (Phi) is 3.03. The normalized spacial score (nSPS) is 27.4. The Morgan fingerprint density at radius 2 is 2.16 bits per heavy atom. The molecule has 1 aromatic heterocycles. The van der Waals surface area contributed by atoms with Crippen LogP contribution in [-0.4, -0.2) is 28.4 Å². The number of amides is 2. The van der Waals surface area contributed by atoms with E-state index in [0.29, 0.717) is 30.3 Å². The fraction of sp³-hybridized carbons (Fsp3) is 0.389. The smallest absolute Gasteiger partial charge is 0.269 e. The van der Waals surface area contributed by atoms with Crippen LogP contribution in [0.15, 0.2) is 47.3 Å².